The van der Waals surface area contributed by atoms with Crippen LogP contribution in [0.3, 0.4) is 0 Å². The highest BCUT2D eigenvalue weighted by Gasteiger charge is 2.31. The molecular formula is C17H34N4. The van der Waals surface area contributed by atoms with E-state index in [1.807, 2.05) is 0 Å². The zero-order valence-corrected chi connectivity index (χ0v) is 14.5. The molecule has 0 aromatic rings. The fourth-order valence-electron chi connectivity index (χ4n) is 3.59. The van der Waals surface area contributed by atoms with Crippen molar-refractivity contribution in [3.63, 3.8) is 0 Å². The summed E-state index contributed by atoms with van der Waals surface area (Å²) in [6.07, 6.45) is 5.29. The Bertz CT molecular complexity index is 351. The van der Waals surface area contributed by atoms with Gasteiger partial charge in [-0.3, -0.25) is 9.89 Å². The van der Waals surface area contributed by atoms with Crippen molar-refractivity contribution in [2.45, 2.75) is 59.4 Å². The number of hydrogen-bond donors (Lipinski definition) is 1. The van der Waals surface area contributed by atoms with Gasteiger partial charge in [-0.2, -0.15) is 0 Å². The normalized spacial score (nSPS) is 27.1. The Kier molecular flexibility index (Phi) is 5.91. The second-order valence-corrected chi connectivity index (χ2v) is 7.31. The summed E-state index contributed by atoms with van der Waals surface area (Å²) < 4.78 is 0. The van der Waals surface area contributed by atoms with Crippen molar-refractivity contribution in [2.24, 2.45) is 10.4 Å². The Morgan fingerprint density at radius 1 is 1.24 bits per heavy atom. The molecule has 0 aromatic carbocycles. The van der Waals surface area contributed by atoms with Crippen LogP contribution in [0.5, 0.6) is 0 Å². The fraction of sp³-hybridized carbons (Fsp3) is 0.941. The first-order valence-electron chi connectivity index (χ1n) is 8.83. The third-order valence-electron chi connectivity index (χ3n) is 4.92. The summed E-state index contributed by atoms with van der Waals surface area (Å²) in [6.45, 7) is 15.7. The van der Waals surface area contributed by atoms with Crippen molar-refractivity contribution in [2.75, 3.05) is 39.3 Å². The quantitative estimate of drug-likeness (QED) is 0.638. The van der Waals surface area contributed by atoms with Gasteiger partial charge < -0.3 is 10.2 Å². The van der Waals surface area contributed by atoms with Gasteiger partial charge in [0.15, 0.2) is 5.96 Å². The van der Waals surface area contributed by atoms with Crippen LogP contribution in [-0.2, 0) is 0 Å². The van der Waals surface area contributed by atoms with Crippen molar-refractivity contribution in [1.82, 2.24) is 15.1 Å². The van der Waals surface area contributed by atoms with Crippen LogP contribution >= 0.6 is 0 Å². The highest BCUT2D eigenvalue weighted by Crippen LogP contribution is 2.28. The van der Waals surface area contributed by atoms with Crippen LogP contribution in [0.15, 0.2) is 4.99 Å². The van der Waals surface area contributed by atoms with E-state index in [2.05, 4.69) is 42.8 Å². The van der Waals surface area contributed by atoms with Crippen LogP contribution in [0.2, 0.25) is 0 Å². The molecule has 1 unspecified atom stereocenters. The fourth-order valence-corrected chi connectivity index (χ4v) is 3.59. The van der Waals surface area contributed by atoms with Crippen LogP contribution in [0.4, 0.5) is 0 Å². The molecule has 0 bridgehead atoms. The van der Waals surface area contributed by atoms with E-state index in [9.17, 15) is 0 Å². The average Bonchev–Trinajstić information content (AvgIpc) is 2.84. The molecule has 0 saturated carbocycles. The highest BCUT2D eigenvalue weighted by molar-refractivity contribution is 5.80. The number of hydrogen-bond acceptors (Lipinski definition) is 2. The molecule has 21 heavy (non-hydrogen) atoms. The molecule has 0 aromatic heterocycles. The molecular weight excluding hydrogens is 260 g/mol. The van der Waals surface area contributed by atoms with Crippen LogP contribution in [0.25, 0.3) is 0 Å². The first-order valence-corrected chi connectivity index (χ1v) is 8.83. The van der Waals surface area contributed by atoms with Gasteiger partial charge in [-0.25, -0.2) is 0 Å². The molecule has 0 radical (unpaired) electrons. The molecule has 0 amide bonds. The summed E-state index contributed by atoms with van der Waals surface area (Å²) in [5.41, 5.74) is 0.427. The zero-order chi connectivity index (χ0) is 15.3. The number of aliphatic imine (C=N–C) groups is 1. The monoisotopic (exact) mass is 294 g/mol. The zero-order valence-electron chi connectivity index (χ0n) is 14.5. The van der Waals surface area contributed by atoms with E-state index in [4.69, 9.17) is 4.99 Å². The molecule has 122 valence electrons. The van der Waals surface area contributed by atoms with E-state index in [-0.39, 0.29) is 0 Å². The molecule has 0 spiro atoms. The Morgan fingerprint density at radius 2 is 2.05 bits per heavy atom. The summed E-state index contributed by atoms with van der Waals surface area (Å²) >= 11 is 0. The number of guanidine groups is 1. The highest BCUT2D eigenvalue weighted by atomic mass is 15.3. The Labute approximate surface area is 131 Å². The first-order chi connectivity index (χ1) is 10.1. The average molecular weight is 294 g/mol. The summed E-state index contributed by atoms with van der Waals surface area (Å²) in [5.74, 6) is 1.13. The van der Waals surface area contributed by atoms with E-state index in [1.54, 1.807) is 0 Å². The largest absolute Gasteiger partial charge is 0.357 e. The summed E-state index contributed by atoms with van der Waals surface area (Å²) in [7, 11) is 0. The lowest BCUT2D eigenvalue weighted by Gasteiger charge is -2.34. The summed E-state index contributed by atoms with van der Waals surface area (Å²) in [5, 5.41) is 3.49. The van der Waals surface area contributed by atoms with Crippen LogP contribution < -0.4 is 5.32 Å². The van der Waals surface area contributed by atoms with E-state index in [0.29, 0.717) is 11.5 Å². The van der Waals surface area contributed by atoms with Crippen molar-refractivity contribution in [1.29, 1.82) is 0 Å². The lowest BCUT2D eigenvalue weighted by molar-refractivity contribution is 0.161. The molecule has 4 nitrogen and oxygen atoms in total. The predicted molar refractivity (Wildman–Crippen MR) is 90.8 cm³/mol. The van der Waals surface area contributed by atoms with Crippen LogP contribution in [0.1, 0.15) is 53.4 Å². The second-order valence-electron chi connectivity index (χ2n) is 7.31. The SMILES string of the molecule is CCNC(=NCC1CCCCN1CC)N1CCC(C)(C)C1. The van der Waals surface area contributed by atoms with Crippen LogP contribution in [0, 0.1) is 5.41 Å². The first kappa shape index (κ1) is 16.6. The van der Waals surface area contributed by atoms with Gasteiger partial charge in [0, 0.05) is 25.7 Å². The van der Waals surface area contributed by atoms with E-state index < -0.39 is 0 Å². The van der Waals surface area contributed by atoms with Crippen molar-refractivity contribution >= 4 is 5.96 Å². The molecule has 2 fully saturated rings. The minimum absolute atomic E-state index is 0.427. The van der Waals surface area contributed by atoms with Gasteiger partial charge in [0.2, 0.25) is 0 Å². The Hall–Kier alpha value is -0.770. The van der Waals surface area contributed by atoms with Gasteiger partial charge in [-0.05, 0) is 44.7 Å². The minimum Gasteiger partial charge on any atom is -0.357 e. The topological polar surface area (TPSA) is 30.9 Å². The Balaban J connectivity index is 1.97. The number of nitrogens with zero attached hydrogens (tertiary/aromatic N) is 3. The summed E-state index contributed by atoms with van der Waals surface area (Å²) in [4.78, 5) is 10.0. The summed E-state index contributed by atoms with van der Waals surface area (Å²) in [6, 6.07) is 0.646. The standard InChI is InChI=1S/C17H34N4/c1-5-18-16(21-12-10-17(3,4)14-21)19-13-15-9-7-8-11-20(15)6-2/h15H,5-14H2,1-4H3,(H,18,19). The van der Waals surface area contributed by atoms with Gasteiger partial charge in [0.05, 0.1) is 6.54 Å². The molecule has 4 heteroatoms. The van der Waals surface area contributed by atoms with E-state index in [1.165, 1.54) is 32.2 Å². The van der Waals surface area contributed by atoms with Gasteiger partial charge in [-0.1, -0.05) is 27.2 Å². The number of rotatable bonds is 4. The van der Waals surface area contributed by atoms with Crippen LogP contribution in [-0.4, -0.2) is 61.1 Å². The molecule has 2 rings (SSSR count). The van der Waals surface area contributed by atoms with Gasteiger partial charge in [0.1, 0.15) is 0 Å². The third kappa shape index (κ3) is 4.60. The van der Waals surface area contributed by atoms with E-state index in [0.717, 1.165) is 38.7 Å². The maximum absolute atomic E-state index is 4.97. The lowest BCUT2D eigenvalue weighted by Crippen LogP contribution is -2.44. The predicted octanol–water partition coefficient (Wildman–Crippen LogP) is 2.56. The molecule has 2 aliphatic rings. The smallest absolute Gasteiger partial charge is 0.193 e. The molecule has 2 aliphatic heterocycles. The van der Waals surface area contributed by atoms with E-state index >= 15 is 0 Å². The van der Waals surface area contributed by atoms with Crippen molar-refractivity contribution in [3.8, 4) is 0 Å². The molecule has 1 atom stereocenters. The molecule has 1 N–H and O–H groups in total. The molecule has 2 saturated heterocycles. The van der Waals surface area contributed by atoms with Gasteiger partial charge in [0.25, 0.3) is 0 Å². The number of likely N-dealkylation sites (tertiary alicyclic amines) is 2. The molecule has 2 heterocycles. The van der Waals surface area contributed by atoms with Gasteiger partial charge >= 0.3 is 0 Å². The maximum Gasteiger partial charge on any atom is 0.193 e. The van der Waals surface area contributed by atoms with Crippen molar-refractivity contribution < 1.29 is 0 Å². The number of nitrogens with one attached hydrogen (secondary N) is 1. The maximum atomic E-state index is 4.97. The third-order valence-corrected chi connectivity index (χ3v) is 4.92. The van der Waals surface area contributed by atoms with Gasteiger partial charge in [-0.15, -0.1) is 0 Å². The molecule has 0 aliphatic carbocycles. The lowest BCUT2D eigenvalue weighted by atomic mass is 9.93. The second kappa shape index (κ2) is 7.48. The Morgan fingerprint density at radius 3 is 2.67 bits per heavy atom. The number of piperidine rings is 1. The number of likely N-dealkylation sites (N-methyl/N-ethyl adjacent to an activating group) is 1. The minimum atomic E-state index is 0.427. The van der Waals surface area contributed by atoms with Crippen molar-refractivity contribution in [3.05, 3.63) is 0 Å².